The zero-order valence-electron chi connectivity index (χ0n) is 12.7. The largest absolute Gasteiger partial charge is 0.378 e. The van der Waals surface area contributed by atoms with E-state index in [9.17, 15) is 0 Å². The van der Waals surface area contributed by atoms with E-state index in [0.717, 1.165) is 37.8 Å². The van der Waals surface area contributed by atoms with Crippen LogP contribution in [0.15, 0.2) is 0 Å². The highest BCUT2D eigenvalue weighted by atomic mass is 32.1. The number of nitrogens with zero attached hydrogens (tertiary/aromatic N) is 5. The molecule has 2 N–H and O–H groups in total. The lowest BCUT2D eigenvalue weighted by Crippen LogP contribution is -2.56. The summed E-state index contributed by atoms with van der Waals surface area (Å²) in [4.78, 5) is 6.84. The van der Waals surface area contributed by atoms with Crippen molar-refractivity contribution in [3.8, 4) is 0 Å². The maximum absolute atomic E-state index is 5.54. The van der Waals surface area contributed by atoms with E-state index in [4.69, 9.17) is 21.9 Å². The predicted molar refractivity (Wildman–Crippen MR) is 86.8 cm³/mol. The van der Waals surface area contributed by atoms with Crippen LogP contribution in [0.25, 0.3) is 0 Å². The van der Waals surface area contributed by atoms with Crippen molar-refractivity contribution >= 4 is 29.2 Å². The van der Waals surface area contributed by atoms with Gasteiger partial charge in [0.25, 0.3) is 0 Å². The Labute approximate surface area is 134 Å². The van der Waals surface area contributed by atoms with Crippen molar-refractivity contribution in [3.63, 3.8) is 0 Å². The number of hydrogen-bond acceptors (Lipinski definition) is 7. The van der Waals surface area contributed by atoms with Crippen molar-refractivity contribution < 1.29 is 4.74 Å². The molecule has 4 rings (SSSR count). The van der Waals surface area contributed by atoms with Gasteiger partial charge >= 0.3 is 0 Å². The lowest BCUT2D eigenvalue weighted by molar-refractivity contribution is 0.122. The van der Waals surface area contributed by atoms with Gasteiger partial charge in [-0.05, 0) is 37.9 Å². The molecule has 1 aromatic heterocycles. The van der Waals surface area contributed by atoms with E-state index in [2.05, 4.69) is 20.7 Å². The van der Waals surface area contributed by atoms with Crippen LogP contribution in [0.1, 0.15) is 25.7 Å². The first-order chi connectivity index (χ1) is 10.7. The van der Waals surface area contributed by atoms with Crippen LogP contribution >= 0.6 is 12.2 Å². The average Bonchev–Trinajstić information content (AvgIpc) is 3.13. The van der Waals surface area contributed by atoms with Gasteiger partial charge in [0.05, 0.1) is 13.2 Å². The Hall–Kier alpha value is -1.45. The normalized spacial score (nSPS) is 24.3. The zero-order chi connectivity index (χ0) is 15.2. The second-order valence-electron chi connectivity index (χ2n) is 6.11. The predicted octanol–water partition coefficient (Wildman–Crippen LogP) is 0.380. The molecule has 1 saturated carbocycles. The average molecular weight is 323 g/mol. The fourth-order valence-electron chi connectivity index (χ4n) is 3.38. The number of aromatic nitrogens is 3. The minimum Gasteiger partial charge on any atom is -0.378 e. The maximum atomic E-state index is 5.54. The molecule has 1 aliphatic carbocycles. The zero-order valence-corrected chi connectivity index (χ0v) is 13.5. The molecule has 0 unspecified atom stereocenters. The molecular weight excluding hydrogens is 302 g/mol. The van der Waals surface area contributed by atoms with E-state index in [1.807, 2.05) is 12.1 Å². The van der Waals surface area contributed by atoms with Gasteiger partial charge in [0.2, 0.25) is 17.0 Å². The number of rotatable bonds is 1. The first kappa shape index (κ1) is 14.2. The Bertz CT molecular complexity index is 577. The maximum Gasteiger partial charge on any atom is 0.247 e. The van der Waals surface area contributed by atoms with Crippen LogP contribution in [0.4, 0.5) is 11.9 Å². The van der Waals surface area contributed by atoms with Gasteiger partial charge in [-0.1, -0.05) is 0 Å². The second-order valence-corrected chi connectivity index (χ2v) is 6.48. The summed E-state index contributed by atoms with van der Waals surface area (Å²) < 4.78 is 7.12. The van der Waals surface area contributed by atoms with Crippen LogP contribution in [0.3, 0.4) is 0 Å². The standard InChI is InChI=1S/C13H21N7OS/c1-18-12(22)20-10(15-13(17-18)4-2-3-5-13)14-11(16-20)19-6-8-21-9-7-19/h17H,2-9H2,1H3,(H,14,15,16). The van der Waals surface area contributed by atoms with Crippen LogP contribution in [-0.4, -0.2) is 63.9 Å². The van der Waals surface area contributed by atoms with Gasteiger partial charge in [0.15, 0.2) is 0 Å². The molecule has 120 valence electrons. The summed E-state index contributed by atoms with van der Waals surface area (Å²) >= 11 is 5.54. The number of anilines is 2. The highest BCUT2D eigenvalue weighted by Crippen LogP contribution is 2.33. The van der Waals surface area contributed by atoms with Crippen molar-refractivity contribution in [2.45, 2.75) is 31.3 Å². The molecule has 22 heavy (non-hydrogen) atoms. The molecule has 0 radical (unpaired) electrons. The minimum absolute atomic E-state index is 0.164. The molecule has 0 aromatic carbocycles. The summed E-state index contributed by atoms with van der Waals surface area (Å²) in [5.41, 5.74) is 3.32. The molecule has 2 fully saturated rings. The van der Waals surface area contributed by atoms with E-state index in [1.165, 1.54) is 12.8 Å². The molecule has 0 bridgehead atoms. The third kappa shape index (κ3) is 2.33. The van der Waals surface area contributed by atoms with Crippen molar-refractivity contribution in [1.29, 1.82) is 0 Å². The van der Waals surface area contributed by atoms with Gasteiger partial charge < -0.3 is 15.0 Å². The Balaban J connectivity index is 1.68. The molecule has 3 heterocycles. The van der Waals surface area contributed by atoms with Gasteiger partial charge in [0, 0.05) is 20.1 Å². The van der Waals surface area contributed by atoms with Gasteiger partial charge in [-0.15, -0.1) is 5.10 Å². The number of thiocarbonyl (C=S) groups is 1. The summed E-state index contributed by atoms with van der Waals surface area (Å²) in [6.45, 7) is 3.06. The van der Waals surface area contributed by atoms with Crippen LogP contribution in [0.2, 0.25) is 0 Å². The van der Waals surface area contributed by atoms with Crippen molar-refractivity contribution in [2.24, 2.45) is 0 Å². The van der Waals surface area contributed by atoms with E-state index in [-0.39, 0.29) is 5.66 Å². The lowest BCUT2D eigenvalue weighted by atomic mass is 10.1. The van der Waals surface area contributed by atoms with Crippen LogP contribution in [0, 0.1) is 0 Å². The van der Waals surface area contributed by atoms with E-state index in [1.54, 1.807) is 4.68 Å². The highest BCUT2D eigenvalue weighted by molar-refractivity contribution is 7.80. The smallest absolute Gasteiger partial charge is 0.247 e. The number of morpholine rings is 1. The topological polar surface area (TPSA) is 70.5 Å². The van der Waals surface area contributed by atoms with E-state index < -0.39 is 0 Å². The Morgan fingerprint density at radius 2 is 1.95 bits per heavy atom. The third-order valence-electron chi connectivity index (χ3n) is 4.55. The number of hydrogen-bond donors (Lipinski definition) is 2. The van der Waals surface area contributed by atoms with Crippen LogP contribution in [0.5, 0.6) is 0 Å². The minimum atomic E-state index is -0.164. The summed E-state index contributed by atoms with van der Waals surface area (Å²) in [6.07, 6.45) is 4.51. The molecule has 8 nitrogen and oxygen atoms in total. The first-order valence-electron chi connectivity index (χ1n) is 7.81. The highest BCUT2D eigenvalue weighted by Gasteiger charge is 2.39. The van der Waals surface area contributed by atoms with E-state index >= 15 is 0 Å². The lowest BCUT2D eigenvalue weighted by Gasteiger charge is -2.33. The second kappa shape index (κ2) is 5.32. The molecule has 0 atom stereocenters. The fraction of sp³-hybridized carbons (Fsp3) is 0.769. The van der Waals surface area contributed by atoms with Crippen LogP contribution in [-0.2, 0) is 4.74 Å². The molecule has 3 aliphatic rings. The summed E-state index contributed by atoms with van der Waals surface area (Å²) in [7, 11) is 1.94. The monoisotopic (exact) mass is 323 g/mol. The van der Waals surface area contributed by atoms with Crippen molar-refractivity contribution in [1.82, 2.24) is 25.2 Å². The van der Waals surface area contributed by atoms with Gasteiger partial charge in [-0.3, -0.25) is 5.01 Å². The van der Waals surface area contributed by atoms with E-state index in [0.29, 0.717) is 18.3 Å². The molecule has 1 aromatic rings. The number of hydrazine groups is 1. The summed E-state index contributed by atoms with van der Waals surface area (Å²) in [6, 6.07) is 0. The fourth-order valence-corrected chi connectivity index (χ4v) is 3.55. The Morgan fingerprint density at radius 3 is 2.68 bits per heavy atom. The van der Waals surface area contributed by atoms with Crippen molar-refractivity contribution in [3.05, 3.63) is 0 Å². The van der Waals surface area contributed by atoms with Gasteiger partial charge in [0.1, 0.15) is 5.66 Å². The number of nitrogens with one attached hydrogen (secondary N) is 2. The van der Waals surface area contributed by atoms with Gasteiger partial charge in [-0.25, -0.2) is 5.43 Å². The molecular formula is C13H21N7OS. The third-order valence-corrected chi connectivity index (χ3v) is 4.99. The molecule has 0 amide bonds. The molecule has 2 aliphatic heterocycles. The van der Waals surface area contributed by atoms with Gasteiger partial charge in [-0.2, -0.15) is 9.67 Å². The SMILES string of the molecule is CN1NC2(CCCC2)Nc2nc(N3CCOCC3)nn2C1=S. The Morgan fingerprint density at radius 1 is 1.23 bits per heavy atom. The van der Waals surface area contributed by atoms with Crippen LogP contribution < -0.4 is 15.6 Å². The molecule has 1 saturated heterocycles. The number of fused-ring (bicyclic) bond motifs is 1. The summed E-state index contributed by atoms with van der Waals surface area (Å²) in [5.74, 6) is 1.45. The molecule has 9 heteroatoms. The number of ether oxygens (including phenoxy) is 1. The Kier molecular flexibility index (Phi) is 3.43. The molecule has 1 spiro atoms. The quantitative estimate of drug-likeness (QED) is 0.719. The summed E-state index contributed by atoms with van der Waals surface area (Å²) in [5, 5.41) is 10.6. The first-order valence-corrected chi connectivity index (χ1v) is 8.22. The van der Waals surface area contributed by atoms with Crippen molar-refractivity contribution in [2.75, 3.05) is 43.6 Å².